The summed E-state index contributed by atoms with van der Waals surface area (Å²) < 4.78 is 10.5. The van der Waals surface area contributed by atoms with Gasteiger partial charge in [-0.05, 0) is 35.4 Å². The van der Waals surface area contributed by atoms with E-state index in [4.69, 9.17) is 21.1 Å². The number of benzene rings is 2. The van der Waals surface area contributed by atoms with Crippen LogP contribution >= 0.6 is 11.6 Å². The van der Waals surface area contributed by atoms with Gasteiger partial charge in [-0.1, -0.05) is 29.8 Å². The average molecular weight is 334 g/mol. The molecule has 0 saturated heterocycles. The SMILES string of the molecule is COc1ccc(CC(=O)N(C)Cc2ccc(Cl)cc2)cc1OC. The van der Waals surface area contributed by atoms with Crippen LogP contribution in [0.5, 0.6) is 11.5 Å². The Balaban J connectivity index is 2.01. The second kappa shape index (κ2) is 7.88. The van der Waals surface area contributed by atoms with Crippen molar-refractivity contribution in [3.63, 3.8) is 0 Å². The predicted molar refractivity (Wildman–Crippen MR) is 91.2 cm³/mol. The molecule has 0 aliphatic rings. The molecule has 0 aliphatic heterocycles. The molecular formula is C18H20ClNO3. The van der Waals surface area contributed by atoms with Crippen molar-refractivity contribution < 1.29 is 14.3 Å². The van der Waals surface area contributed by atoms with Gasteiger partial charge < -0.3 is 14.4 Å². The molecule has 0 heterocycles. The lowest BCUT2D eigenvalue weighted by Crippen LogP contribution is -2.27. The molecule has 0 aliphatic carbocycles. The van der Waals surface area contributed by atoms with Gasteiger partial charge in [-0.2, -0.15) is 0 Å². The third-order valence-electron chi connectivity index (χ3n) is 3.56. The highest BCUT2D eigenvalue weighted by Gasteiger charge is 2.12. The lowest BCUT2D eigenvalue weighted by molar-refractivity contribution is -0.129. The van der Waals surface area contributed by atoms with Gasteiger partial charge in [0.15, 0.2) is 11.5 Å². The molecule has 0 fully saturated rings. The Morgan fingerprint density at radius 3 is 2.22 bits per heavy atom. The van der Waals surface area contributed by atoms with Crippen LogP contribution in [0.3, 0.4) is 0 Å². The highest BCUT2D eigenvalue weighted by Crippen LogP contribution is 2.27. The Kier molecular flexibility index (Phi) is 5.88. The van der Waals surface area contributed by atoms with Crippen molar-refractivity contribution in [3.8, 4) is 11.5 Å². The Bertz CT molecular complexity index is 670. The van der Waals surface area contributed by atoms with E-state index in [2.05, 4.69) is 0 Å². The lowest BCUT2D eigenvalue weighted by Gasteiger charge is -2.18. The molecule has 2 aromatic carbocycles. The Hall–Kier alpha value is -2.20. The molecule has 1 amide bonds. The van der Waals surface area contributed by atoms with Crippen LogP contribution < -0.4 is 9.47 Å². The fourth-order valence-corrected chi connectivity index (χ4v) is 2.38. The van der Waals surface area contributed by atoms with Crippen LogP contribution in [0.2, 0.25) is 5.02 Å². The van der Waals surface area contributed by atoms with E-state index in [1.165, 1.54) is 0 Å². The molecule has 4 nitrogen and oxygen atoms in total. The highest BCUT2D eigenvalue weighted by atomic mass is 35.5. The molecule has 0 bridgehead atoms. The number of methoxy groups -OCH3 is 2. The molecule has 2 rings (SSSR count). The predicted octanol–water partition coefficient (Wildman–Crippen LogP) is 3.56. The minimum atomic E-state index is 0.0344. The maximum absolute atomic E-state index is 12.4. The number of halogens is 1. The molecule has 0 radical (unpaired) electrons. The molecular weight excluding hydrogens is 314 g/mol. The molecule has 0 aromatic heterocycles. The van der Waals surface area contributed by atoms with E-state index in [0.717, 1.165) is 11.1 Å². The molecule has 0 spiro atoms. The van der Waals surface area contributed by atoms with Crippen LogP contribution in [0, 0.1) is 0 Å². The standard InChI is InChI=1S/C18H20ClNO3/c1-20(12-13-4-7-15(19)8-5-13)18(21)11-14-6-9-16(22-2)17(10-14)23-3/h4-10H,11-12H2,1-3H3. The number of amides is 1. The zero-order valence-electron chi connectivity index (χ0n) is 13.5. The van der Waals surface area contributed by atoms with Crippen LogP contribution in [0.25, 0.3) is 0 Å². The average Bonchev–Trinajstić information content (AvgIpc) is 2.56. The van der Waals surface area contributed by atoms with Gasteiger partial charge in [0.25, 0.3) is 0 Å². The number of likely N-dealkylation sites (N-methyl/N-ethyl adjacent to an activating group) is 1. The van der Waals surface area contributed by atoms with Crippen molar-refractivity contribution in [2.45, 2.75) is 13.0 Å². The summed E-state index contributed by atoms with van der Waals surface area (Å²) in [5.74, 6) is 1.31. The van der Waals surface area contributed by atoms with E-state index in [9.17, 15) is 4.79 Å². The smallest absolute Gasteiger partial charge is 0.227 e. The number of carbonyl (C=O) groups excluding carboxylic acids is 1. The molecule has 23 heavy (non-hydrogen) atoms. The van der Waals surface area contributed by atoms with Crippen LogP contribution in [0.1, 0.15) is 11.1 Å². The van der Waals surface area contributed by atoms with Gasteiger partial charge >= 0.3 is 0 Å². The second-order valence-electron chi connectivity index (χ2n) is 5.24. The zero-order valence-corrected chi connectivity index (χ0v) is 14.3. The van der Waals surface area contributed by atoms with Gasteiger partial charge in [-0.3, -0.25) is 4.79 Å². The van der Waals surface area contributed by atoms with Crippen molar-refractivity contribution in [2.75, 3.05) is 21.3 Å². The fraction of sp³-hybridized carbons (Fsp3) is 0.278. The van der Waals surface area contributed by atoms with Crippen LogP contribution in [0.15, 0.2) is 42.5 Å². The van der Waals surface area contributed by atoms with Crippen molar-refractivity contribution >= 4 is 17.5 Å². The summed E-state index contributed by atoms with van der Waals surface area (Å²) >= 11 is 5.87. The first-order valence-corrected chi connectivity index (χ1v) is 7.60. The summed E-state index contributed by atoms with van der Waals surface area (Å²) in [5, 5.41) is 0.688. The largest absolute Gasteiger partial charge is 0.493 e. The topological polar surface area (TPSA) is 38.8 Å². The number of hydrogen-bond acceptors (Lipinski definition) is 3. The van der Waals surface area contributed by atoms with E-state index in [-0.39, 0.29) is 5.91 Å². The van der Waals surface area contributed by atoms with Gasteiger partial charge in [0.05, 0.1) is 20.6 Å². The Morgan fingerprint density at radius 2 is 1.61 bits per heavy atom. The van der Waals surface area contributed by atoms with Gasteiger partial charge in [0, 0.05) is 18.6 Å². The molecule has 0 N–H and O–H groups in total. The molecule has 0 saturated carbocycles. The summed E-state index contributed by atoms with van der Waals surface area (Å²) in [4.78, 5) is 14.1. The van der Waals surface area contributed by atoms with Crippen molar-refractivity contribution in [2.24, 2.45) is 0 Å². The van der Waals surface area contributed by atoms with Gasteiger partial charge in [0.1, 0.15) is 0 Å². The molecule has 0 atom stereocenters. The summed E-state index contributed by atoms with van der Waals surface area (Å²) in [6.07, 6.45) is 0.310. The highest BCUT2D eigenvalue weighted by molar-refractivity contribution is 6.30. The third kappa shape index (κ3) is 4.63. The monoisotopic (exact) mass is 333 g/mol. The molecule has 5 heteroatoms. The number of nitrogens with zero attached hydrogens (tertiary/aromatic N) is 1. The number of rotatable bonds is 6. The Morgan fingerprint density at radius 1 is 1.00 bits per heavy atom. The van der Waals surface area contributed by atoms with Gasteiger partial charge in [-0.15, -0.1) is 0 Å². The van der Waals surface area contributed by atoms with E-state index in [0.29, 0.717) is 29.5 Å². The number of ether oxygens (including phenoxy) is 2. The first-order chi connectivity index (χ1) is 11.0. The first kappa shape index (κ1) is 17.2. The fourth-order valence-electron chi connectivity index (χ4n) is 2.25. The normalized spacial score (nSPS) is 10.3. The zero-order chi connectivity index (χ0) is 16.8. The number of hydrogen-bond donors (Lipinski definition) is 0. The van der Waals surface area contributed by atoms with Crippen LogP contribution in [-0.4, -0.2) is 32.1 Å². The summed E-state index contributed by atoms with van der Waals surface area (Å²) in [5.41, 5.74) is 1.92. The third-order valence-corrected chi connectivity index (χ3v) is 3.81. The lowest BCUT2D eigenvalue weighted by atomic mass is 10.1. The summed E-state index contributed by atoms with van der Waals surface area (Å²) in [7, 11) is 4.95. The summed E-state index contributed by atoms with van der Waals surface area (Å²) in [6.45, 7) is 0.545. The minimum absolute atomic E-state index is 0.0344. The molecule has 122 valence electrons. The maximum atomic E-state index is 12.4. The van der Waals surface area contributed by atoms with Crippen molar-refractivity contribution in [1.82, 2.24) is 4.90 Å². The van der Waals surface area contributed by atoms with E-state index in [1.54, 1.807) is 32.2 Å². The minimum Gasteiger partial charge on any atom is -0.493 e. The Labute approximate surface area is 141 Å². The van der Waals surface area contributed by atoms with Gasteiger partial charge in [0.2, 0.25) is 5.91 Å². The van der Waals surface area contributed by atoms with Crippen molar-refractivity contribution in [3.05, 3.63) is 58.6 Å². The molecule has 0 unspecified atom stereocenters. The maximum Gasteiger partial charge on any atom is 0.227 e. The van der Waals surface area contributed by atoms with Gasteiger partial charge in [-0.25, -0.2) is 0 Å². The van der Waals surface area contributed by atoms with E-state index >= 15 is 0 Å². The quantitative estimate of drug-likeness (QED) is 0.811. The van der Waals surface area contributed by atoms with Crippen LogP contribution in [0.4, 0.5) is 0 Å². The van der Waals surface area contributed by atoms with E-state index in [1.807, 2.05) is 36.4 Å². The first-order valence-electron chi connectivity index (χ1n) is 7.22. The van der Waals surface area contributed by atoms with Crippen molar-refractivity contribution in [1.29, 1.82) is 0 Å². The summed E-state index contributed by atoms with van der Waals surface area (Å²) in [6, 6.07) is 13.0. The van der Waals surface area contributed by atoms with E-state index < -0.39 is 0 Å². The second-order valence-corrected chi connectivity index (χ2v) is 5.68. The molecule has 2 aromatic rings. The van der Waals surface area contributed by atoms with Crippen LogP contribution in [-0.2, 0) is 17.8 Å². The number of carbonyl (C=O) groups is 1.